The Labute approximate surface area is 182 Å². The van der Waals surface area contributed by atoms with Crippen LogP contribution >= 0.6 is 0 Å². The average molecular weight is 399 g/mol. The topological polar surface area (TPSA) is 0 Å². The van der Waals surface area contributed by atoms with E-state index in [4.69, 9.17) is 0 Å². The van der Waals surface area contributed by atoms with Gasteiger partial charge in [-0.25, -0.2) is 0 Å². The van der Waals surface area contributed by atoms with E-state index in [1.54, 1.807) is 19.3 Å². The van der Waals surface area contributed by atoms with Crippen molar-refractivity contribution in [2.45, 2.75) is 119 Å². The van der Waals surface area contributed by atoms with Gasteiger partial charge in [0.2, 0.25) is 0 Å². The molecule has 0 N–H and O–H groups in total. The summed E-state index contributed by atoms with van der Waals surface area (Å²) in [6, 6.07) is 0. The molecule has 0 bridgehead atoms. The molecular weight excluding hydrogens is 348 g/mol. The van der Waals surface area contributed by atoms with Gasteiger partial charge in [-0.2, -0.15) is 0 Å². The molecule has 0 nitrogen and oxygen atoms in total. The van der Waals surface area contributed by atoms with Crippen molar-refractivity contribution in [3.05, 3.63) is 0 Å². The normalized spacial score (nSPS) is 56.3. The quantitative estimate of drug-likeness (QED) is 0.414. The molecule has 0 saturated heterocycles. The second kappa shape index (κ2) is 6.51. The van der Waals surface area contributed by atoms with Crippen LogP contribution < -0.4 is 0 Å². The first-order chi connectivity index (χ1) is 13.5. The number of fused-ring (bicyclic) bond motifs is 7. The predicted molar refractivity (Wildman–Crippen MR) is 125 cm³/mol. The van der Waals surface area contributed by atoms with Crippen molar-refractivity contribution in [2.75, 3.05) is 0 Å². The first-order valence-corrected chi connectivity index (χ1v) is 13.5. The molecule has 0 heterocycles. The molecule has 5 rings (SSSR count). The highest BCUT2D eigenvalue weighted by atomic mass is 14.7. The molecule has 0 aromatic rings. The molecular formula is C29H50. The zero-order chi connectivity index (χ0) is 20.8. The summed E-state index contributed by atoms with van der Waals surface area (Å²) < 4.78 is 0. The van der Waals surface area contributed by atoms with Gasteiger partial charge in [-0.1, -0.05) is 54.9 Å². The highest BCUT2D eigenvalue weighted by Gasteiger charge is 2.65. The Morgan fingerprint density at radius 2 is 1.38 bits per heavy atom. The van der Waals surface area contributed by atoms with E-state index < -0.39 is 0 Å². The molecule has 0 aromatic heterocycles. The third-order valence-corrected chi connectivity index (χ3v) is 12.7. The summed E-state index contributed by atoms with van der Waals surface area (Å²) in [6.07, 6.45) is 16.8. The summed E-state index contributed by atoms with van der Waals surface area (Å²) in [5, 5.41) is 0. The summed E-state index contributed by atoms with van der Waals surface area (Å²) in [7, 11) is 0. The third kappa shape index (κ3) is 2.75. The molecule has 9 atom stereocenters. The maximum atomic E-state index is 2.81. The monoisotopic (exact) mass is 398 g/mol. The lowest BCUT2D eigenvalue weighted by Crippen LogP contribution is -2.61. The number of hydrogen-bond acceptors (Lipinski definition) is 0. The fourth-order valence-corrected chi connectivity index (χ4v) is 11.5. The van der Waals surface area contributed by atoms with E-state index in [-0.39, 0.29) is 0 Å². The Morgan fingerprint density at radius 1 is 0.655 bits per heavy atom. The van der Waals surface area contributed by atoms with E-state index in [1.807, 2.05) is 0 Å². The van der Waals surface area contributed by atoms with Crippen molar-refractivity contribution in [3.8, 4) is 0 Å². The summed E-state index contributed by atoms with van der Waals surface area (Å²) >= 11 is 0. The van der Waals surface area contributed by atoms with Crippen LogP contribution in [0.4, 0.5) is 0 Å². The largest absolute Gasteiger partial charge is 0.0625 e. The van der Waals surface area contributed by atoms with Gasteiger partial charge >= 0.3 is 0 Å². The van der Waals surface area contributed by atoms with Crippen LogP contribution in [0.3, 0.4) is 0 Å². The lowest BCUT2D eigenvalue weighted by Gasteiger charge is -2.69. The number of hydrogen-bond donors (Lipinski definition) is 0. The van der Waals surface area contributed by atoms with Crippen molar-refractivity contribution in [3.63, 3.8) is 0 Å². The minimum atomic E-state index is 0.574. The van der Waals surface area contributed by atoms with Crippen LogP contribution in [0, 0.1) is 63.1 Å². The second-order valence-corrected chi connectivity index (χ2v) is 14.5. The van der Waals surface area contributed by atoms with Gasteiger partial charge < -0.3 is 0 Å². The van der Waals surface area contributed by atoms with Gasteiger partial charge in [0.25, 0.3) is 0 Å². The molecule has 166 valence electrons. The van der Waals surface area contributed by atoms with E-state index in [9.17, 15) is 0 Å². The molecule has 5 fully saturated rings. The van der Waals surface area contributed by atoms with Crippen LogP contribution in [0.5, 0.6) is 0 Å². The lowest BCUT2D eigenvalue weighted by molar-refractivity contribution is -0.198. The molecule has 5 aliphatic rings. The fourth-order valence-electron chi connectivity index (χ4n) is 11.5. The minimum absolute atomic E-state index is 0.574. The van der Waals surface area contributed by atoms with Crippen LogP contribution in [0.1, 0.15) is 119 Å². The van der Waals surface area contributed by atoms with E-state index in [2.05, 4.69) is 48.5 Å². The molecule has 0 aromatic carbocycles. The SMILES string of the molecule is CC(C)C1CCC2(C)CCC3C(CCC4C3(C)CCC3C(C)(C)CCCC34C)C12. The van der Waals surface area contributed by atoms with Crippen LogP contribution in [-0.2, 0) is 0 Å². The van der Waals surface area contributed by atoms with Gasteiger partial charge in [-0.3, -0.25) is 0 Å². The molecule has 0 heteroatoms. The van der Waals surface area contributed by atoms with Crippen LogP contribution in [0.2, 0.25) is 0 Å². The zero-order valence-corrected chi connectivity index (χ0v) is 20.8. The van der Waals surface area contributed by atoms with Gasteiger partial charge in [0, 0.05) is 0 Å². The van der Waals surface area contributed by atoms with Crippen molar-refractivity contribution in [1.29, 1.82) is 0 Å². The summed E-state index contributed by atoms with van der Waals surface area (Å²) in [6.45, 7) is 18.6. The van der Waals surface area contributed by atoms with Crippen LogP contribution in [-0.4, -0.2) is 0 Å². The molecule has 0 spiro atoms. The van der Waals surface area contributed by atoms with Gasteiger partial charge in [0.15, 0.2) is 0 Å². The standard InChI is InChI=1S/C29H50/c1-19(2)20-11-16-27(5)17-12-22-21(25(20)27)9-10-24-28(22,6)18-13-23-26(3,4)14-8-15-29(23,24)7/h19-25H,8-18H2,1-7H3. The fraction of sp³-hybridized carbons (Fsp3) is 1.00. The Bertz CT molecular complexity index is 644. The first-order valence-electron chi connectivity index (χ1n) is 13.5. The van der Waals surface area contributed by atoms with E-state index in [0.717, 1.165) is 41.4 Å². The lowest BCUT2D eigenvalue weighted by atomic mass is 9.36. The molecule has 29 heavy (non-hydrogen) atoms. The first kappa shape index (κ1) is 20.9. The van der Waals surface area contributed by atoms with Crippen molar-refractivity contribution >= 4 is 0 Å². The second-order valence-electron chi connectivity index (χ2n) is 14.5. The highest BCUT2D eigenvalue weighted by Crippen LogP contribution is 2.73. The predicted octanol–water partition coefficient (Wildman–Crippen LogP) is 8.74. The molecule has 0 radical (unpaired) electrons. The molecule has 0 aliphatic heterocycles. The average Bonchev–Trinajstić information content (AvgIpc) is 2.98. The summed E-state index contributed by atoms with van der Waals surface area (Å²) in [4.78, 5) is 0. The van der Waals surface area contributed by atoms with Gasteiger partial charge in [0.05, 0.1) is 0 Å². The van der Waals surface area contributed by atoms with Crippen molar-refractivity contribution in [2.24, 2.45) is 63.1 Å². The highest BCUT2D eigenvalue weighted by molar-refractivity contribution is 5.14. The van der Waals surface area contributed by atoms with Crippen molar-refractivity contribution in [1.82, 2.24) is 0 Å². The van der Waals surface area contributed by atoms with Crippen LogP contribution in [0.25, 0.3) is 0 Å². The van der Waals surface area contributed by atoms with Gasteiger partial charge in [0.1, 0.15) is 0 Å². The van der Waals surface area contributed by atoms with Gasteiger partial charge in [-0.15, -0.1) is 0 Å². The zero-order valence-electron chi connectivity index (χ0n) is 20.8. The molecule has 0 amide bonds. The molecule has 5 saturated carbocycles. The van der Waals surface area contributed by atoms with E-state index in [1.165, 1.54) is 51.4 Å². The number of rotatable bonds is 1. The Kier molecular flexibility index (Phi) is 4.69. The smallest absolute Gasteiger partial charge is 0.0259 e. The molecule has 5 aliphatic carbocycles. The summed E-state index contributed by atoms with van der Waals surface area (Å²) in [5.41, 5.74) is 2.50. The molecule has 9 unspecified atom stereocenters. The Hall–Kier alpha value is 0. The Balaban J connectivity index is 1.49. The Morgan fingerprint density at radius 3 is 2.10 bits per heavy atom. The maximum absolute atomic E-state index is 2.81. The third-order valence-electron chi connectivity index (χ3n) is 12.7. The van der Waals surface area contributed by atoms with E-state index >= 15 is 0 Å². The van der Waals surface area contributed by atoms with E-state index in [0.29, 0.717) is 21.7 Å². The maximum Gasteiger partial charge on any atom is -0.0259 e. The minimum Gasteiger partial charge on any atom is -0.0625 e. The van der Waals surface area contributed by atoms with Gasteiger partial charge in [-0.05, 0) is 127 Å². The van der Waals surface area contributed by atoms with Crippen molar-refractivity contribution < 1.29 is 0 Å². The summed E-state index contributed by atoms with van der Waals surface area (Å²) in [5.74, 6) is 6.97. The van der Waals surface area contributed by atoms with Crippen LogP contribution in [0.15, 0.2) is 0 Å².